The summed E-state index contributed by atoms with van der Waals surface area (Å²) < 4.78 is 10.5. The molecule has 1 saturated heterocycles. The van der Waals surface area contributed by atoms with Crippen molar-refractivity contribution in [2.24, 2.45) is 5.92 Å². The van der Waals surface area contributed by atoms with Crippen molar-refractivity contribution in [3.05, 3.63) is 18.8 Å². The number of rotatable bonds is 1. The molecule has 2 unspecified atom stereocenters. The predicted octanol–water partition coefficient (Wildman–Crippen LogP) is 1.29. The van der Waals surface area contributed by atoms with Crippen molar-refractivity contribution in [1.82, 2.24) is 0 Å². The van der Waals surface area contributed by atoms with Gasteiger partial charge in [-0.25, -0.2) is 0 Å². The fourth-order valence-electron chi connectivity index (χ4n) is 1.70. The third-order valence-electron chi connectivity index (χ3n) is 2.60. The van der Waals surface area contributed by atoms with Gasteiger partial charge in [-0.2, -0.15) is 0 Å². The van der Waals surface area contributed by atoms with Crippen molar-refractivity contribution in [3.63, 3.8) is 0 Å². The molecule has 63 valence electrons. The first-order valence-electron chi connectivity index (χ1n) is 4.23. The van der Waals surface area contributed by atoms with Gasteiger partial charge in [0, 0.05) is 12.3 Å². The van der Waals surface area contributed by atoms with E-state index in [0.717, 1.165) is 26.1 Å². The highest BCUT2D eigenvalue weighted by molar-refractivity contribution is 5.17. The van der Waals surface area contributed by atoms with Crippen LogP contribution in [0, 0.1) is 18.3 Å². The van der Waals surface area contributed by atoms with Gasteiger partial charge in [0.2, 0.25) is 0 Å². The smallest absolute Gasteiger partial charge is 0.138 e. The lowest BCUT2D eigenvalue weighted by molar-refractivity contribution is -0.135. The highest BCUT2D eigenvalue weighted by Crippen LogP contribution is 2.37. The molecule has 12 heavy (non-hydrogen) atoms. The molecule has 0 saturated carbocycles. The van der Waals surface area contributed by atoms with Crippen LogP contribution in [0.15, 0.2) is 12.3 Å². The Morgan fingerprint density at radius 2 is 2.33 bits per heavy atom. The summed E-state index contributed by atoms with van der Waals surface area (Å²) in [4.78, 5) is 0. The van der Waals surface area contributed by atoms with Crippen molar-refractivity contribution in [1.29, 1.82) is 0 Å². The highest BCUT2D eigenvalue weighted by atomic mass is 16.5. The molecule has 0 aromatic heterocycles. The van der Waals surface area contributed by atoms with Crippen molar-refractivity contribution >= 4 is 0 Å². The van der Waals surface area contributed by atoms with Gasteiger partial charge < -0.3 is 9.47 Å². The third-order valence-corrected chi connectivity index (χ3v) is 2.60. The summed E-state index contributed by atoms with van der Waals surface area (Å²) in [5.74, 6) is 2.79. The Balaban J connectivity index is 2.11. The SMILES string of the molecule is [C]#CC1(C2C=COCC2)CCO1. The number of hydrogen-bond donors (Lipinski definition) is 0. The van der Waals surface area contributed by atoms with Gasteiger partial charge in [-0.3, -0.25) is 0 Å². The van der Waals surface area contributed by atoms with E-state index in [4.69, 9.17) is 15.9 Å². The molecule has 0 bridgehead atoms. The molecule has 0 aliphatic carbocycles. The molecule has 0 N–H and O–H groups in total. The molecule has 0 aromatic carbocycles. The molecule has 1 fully saturated rings. The molecule has 0 aromatic rings. The van der Waals surface area contributed by atoms with Crippen LogP contribution in [-0.2, 0) is 9.47 Å². The van der Waals surface area contributed by atoms with E-state index < -0.39 is 5.60 Å². The second-order valence-corrected chi connectivity index (χ2v) is 3.21. The lowest BCUT2D eigenvalue weighted by Crippen LogP contribution is -2.49. The zero-order valence-electron chi connectivity index (χ0n) is 6.88. The summed E-state index contributed by atoms with van der Waals surface area (Å²) in [7, 11) is 0. The first-order chi connectivity index (χ1) is 5.87. The van der Waals surface area contributed by atoms with Crippen LogP contribution in [0.1, 0.15) is 12.8 Å². The summed E-state index contributed by atoms with van der Waals surface area (Å²) in [5, 5.41) is 0. The van der Waals surface area contributed by atoms with E-state index in [0.29, 0.717) is 0 Å². The summed E-state index contributed by atoms with van der Waals surface area (Å²) in [6, 6.07) is 0. The Bertz CT molecular complexity index is 233. The Hall–Kier alpha value is -0.940. The predicted molar refractivity (Wildman–Crippen MR) is 43.6 cm³/mol. The minimum Gasteiger partial charge on any atom is -0.501 e. The van der Waals surface area contributed by atoms with Gasteiger partial charge in [-0.05, 0) is 18.9 Å². The summed E-state index contributed by atoms with van der Waals surface area (Å²) >= 11 is 0. The Morgan fingerprint density at radius 1 is 1.50 bits per heavy atom. The molecule has 2 rings (SSSR count). The van der Waals surface area contributed by atoms with Crippen LogP contribution in [0.4, 0.5) is 0 Å². The Kier molecular flexibility index (Phi) is 1.82. The van der Waals surface area contributed by atoms with Gasteiger partial charge in [-0.15, -0.1) is 0 Å². The normalized spacial score (nSPS) is 39.4. The van der Waals surface area contributed by atoms with E-state index in [9.17, 15) is 0 Å². The van der Waals surface area contributed by atoms with Crippen LogP contribution in [0.25, 0.3) is 0 Å². The summed E-state index contributed by atoms with van der Waals surface area (Å²) in [6.45, 7) is 1.49. The van der Waals surface area contributed by atoms with Crippen LogP contribution in [0.5, 0.6) is 0 Å². The first kappa shape index (κ1) is 7.70. The highest BCUT2D eigenvalue weighted by Gasteiger charge is 2.43. The molecule has 2 aliphatic rings. The lowest BCUT2D eigenvalue weighted by atomic mass is 9.79. The monoisotopic (exact) mass is 163 g/mol. The molecule has 1 radical (unpaired) electrons. The fourth-order valence-corrected chi connectivity index (χ4v) is 1.70. The standard InChI is InChI=1S/C10H11O2/c1-2-10(5-8-12-10)9-3-6-11-7-4-9/h3,6,9H,4-5,7-8H2. The van der Waals surface area contributed by atoms with Gasteiger partial charge in [-0.1, -0.05) is 5.92 Å². The minimum absolute atomic E-state index is 0.289. The van der Waals surface area contributed by atoms with E-state index in [1.165, 1.54) is 0 Å². The van der Waals surface area contributed by atoms with Crippen LogP contribution < -0.4 is 0 Å². The van der Waals surface area contributed by atoms with Gasteiger partial charge in [0.05, 0.1) is 19.5 Å². The maximum Gasteiger partial charge on any atom is 0.138 e. The Morgan fingerprint density at radius 3 is 2.75 bits per heavy atom. The van der Waals surface area contributed by atoms with Crippen LogP contribution in [0.3, 0.4) is 0 Å². The average molecular weight is 163 g/mol. The summed E-state index contributed by atoms with van der Waals surface area (Å²) in [5.41, 5.74) is -0.416. The molecule has 2 aliphatic heterocycles. The molecular weight excluding hydrogens is 152 g/mol. The third kappa shape index (κ3) is 1.02. The largest absolute Gasteiger partial charge is 0.501 e. The van der Waals surface area contributed by atoms with Gasteiger partial charge in [0.25, 0.3) is 0 Å². The maximum absolute atomic E-state index is 7.19. The van der Waals surface area contributed by atoms with Crippen molar-refractivity contribution in [2.75, 3.05) is 13.2 Å². The molecule has 2 heteroatoms. The molecule has 0 amide bonds. The van der Waals surface area contributed by atoms with Gasteiger partial charge in [0.1, 0.15) is 5.60 Å². The molecule has 2 nitrogen and oxygen atoms in total. The lowest BCUT2D eigenvalue weighted by Gasteiger charge is -2.43. The van der Waals surface area contributed by atoms with Crippen LogP contribution in [0.2, 0.25) is 0 Å². The second-order valence-electron chi connectivity index (χ2n) is 3.21. The molecule has 2 atom stereocenters. The Labute approximate surface area is 72.5 Å². The molecule has 2 heterocycles. The van der Waals surface area contributed by atoms with E-state index in [1.54, 1.807) is 6.26 Å². The molecular formula is C10H11O2. The maximum atomic E-state index is 7.19. The molecule has 0 spiro atoms. The zero-order chi connectivity index (χ0) is 8.44. The quantitative estimate of drug-likeness (QED) is 0.542. The fraction of sp³-hybridized carbons (Fsp3) is 0.600. The van der Waals surface area contributed by atoms with Crippen LogP contribution in [-0.4, -0.2) is 18.8 Å². The van der Waals surface area contributed by atoms with E-state index in [-0.39, 0.29) is 5.92 Å². The average Bonchev–Trinajstić information content (AvgIpc) is 2.05. The van der Waals surface area contributed by atoms with Gasteiger partial charge in [0.15, 0.2) is 0 Å². The topological polar surface area (TPSA) is 18.5 Å². The second kappa shape index (κ2) is 2.84. The summed E-state index contributed by atoms with van der Waals surface area (Å²) in [6.07, 6.45) is 12.7. The van der Waals surface area contributed by atoms with E-state index in [1.807, 2.05) is 6.08 Å². The first-order valence-corrected chi connectivity index (χ1v) is 4.23. The van der Waals surface area contributed by atoms with Gasteiger partial charge >= 0.3 is 0 Å². The van der Waals surface area contributed by atoms with Crippen LogP contribution >= 0.6 is 0 Å². The van der Waals surface area contributed by atoms with Crippen molar-refractivity contribution < 1.29 is 9.47 Å². The van der Waals surface area contributed by atoms with Crippen molar-refractivity contribution in [2.45, 2.75) is 18.4 Å². The minimum atomic E-state index is -0.416. The van der Waals surface area contributed by atoms with E-state index >= 15 is 0 Å². The van der Waals surface area contributed by atoms with E-state index in [2.05, 4.69) is 5.92 Å². The number of ether oxygens (including phenoxy) is 2. The van der Waals surface area contributed by atoms with Crippen molar-refractivity contribution in [3.8, 4) is 5.92 Å². The zero-order valence-corrected chi connectivity index (χ0v) is 6.88. The number of hydrogen-bond acceptors (Lipinski definition) is 2.